The summed E-state index contributed by atoms with van der Waals surface area (Å²) in [6.07, 6.45) is 4.82. The fourth-order valence-corrected chi connectivity index (χ4v) is 6.50. The fourth-order valence-electron chi connectivity index (χ4n) is 5.73. The number of amides is 3. The molecule has 9 nitrogen and oxygen atoms in total. The van der Waals surface area contributed by atoms with Crippen LogP contribution in [0.2, 0.25) is 0 Å². The number of ether oxygens (including phenoxy) is 1. The standard InChI is InChI=1S/C21H25F3N4O5S/c22-21(23,24)34(31,32)15-4-13(7-25-8-15)3-14-5-20(6-14)11-28(12-20)19(30)27-2-1-17-16(9-27)26-18(29)10-33-17/h4,7-8,14,16-17H,1-3,5-6,9-12H2,(H,26,29)/t16-,17+/m1/s1. The fraction of sp³-hybridized carbons (Fsp3) is 0.667. The number of morpholine rings is 1. The van der Waals surface area contributed by atoms with Gasteiger partial charge in [-0.15, -0.1) is 0 Å². The van der Waals surface area contributed by atoms with Crippen LogP contribution in [0.5, 0.6) is 0 Å². The molecule has 0 aromatic carbocycles. The van der Waals surface area contributed by atoms with Crippen molar-refractivity contribution in [2.75, 3.05) is 32.8 Å². The number of sulfone groups is 1. The predicted octanol–water partition coefficient (Wildman–Crippen LogP) is 1.34. The van der Waals surface area contributed by atoms with Crippen LogP contribution in [0.25, 0.3) is 0 Å². The number of piperidine rings is 1. The van der Waals surface area contributed by atoms with Gasteiger partial charge in [0.1, 0.15) is 6.61 Å². The van der Waals surface area contributed by atoms with E-state index in [2.05, 4.69) is 10.3 Å². The Morgan fingerprint density at radius 2 is 1.97 bits per heavy atom. The van der Waals surface area contributed by atoms with Crippen LogP contribution in [0, 0.1) is 11.3 Å². The van der Waals surface area contributed by atoms with Crippen LogP contribution in [0.15, 0.2) is 23.4 Å². The lowest BCUT2D eigenvalue weighted by Crippen LogP contribution is -2.68. The molecule has 4 fully saturated rings. The SMILES string of the molecule is O=C1CO[C@H]2CCN(C(=O)N3CC4(CC(Cc5cncc(S(=O)(=O)C(F)(F)F)c5)C4)C3)C[C@H]2N1. The van der Waals surface area contributed by atoms with Crippen molar-refractivity contribution in [3.8, 4) is 0 Å². The Hall–Kier alpha value is -2.41. The summed E-state index contributed by atoms with van der Waals surface area (Å²) in [7, 11) is -5.42. The summed E-state index contributed by atoms with van der Waals surface area (Å²) >= 11 is 0. The van der Waals surface area contributed by atoms with Gasteiger partial charge in [-0.25, -0.2) is 13.2 Å². The molecule has 0 radical (unpaired) electrons. The van der Waals surface area contributed by atoms with Crippen LogP contribution in [-0.2, 0) is 25.8 Å². The van der Waals surface area contributed by atoms with E-state index in [-0.39, 0.29) is 42.0 Å². The predicted molar refractivity (Wildman–Crippen MR) is 111 cm³/mol. The first-order valence-electron chi connectivity index (χ1n) is 11.2. The van der Waals surface area contributed by atoms with Crippen LogP contribution in [0.3, 0.4) is 0 Å². The Morgan fingerprint density at radius 3 is 2.68 bits per heavy atom. The second kappa shape index (κ2) is 8.08. The number of hydrogen-bond acceptors (Lipinski definition) is 6. The molecule has 0 unspecified atom stereocenters. The minimum atomic E-state index is -5.42. The molecule has 13 heteroatoms. The van der Waals surface area contributed by atoms with Gasteiger partial charge in [-0.3, -0.25) is 9.78 Å². The summed E-state index contributed by atoms with van der Waals surface area (Å²) in [6.45, 7) is 2.30. The molecule has 0 bridgehead atoms. The van der Waals surface area contributed by atoms with Gasteiger partial charge in [-0.1, -0.05) is 0 Å². The summed E-state index contributed by atoms with van der Waals surface area (Å²) in [6, 6.07) is 0.809. The van der Waals surface area contributed by atoms with E-state index in [1.807, 2.05) is 0 Å². The van der Waals surface area contributed by atoms with Crippen LogP contribution in [0.4, 0.5) is 18.0 Å². The molecule has 5 rings (SSSR count). The number of alkyl halides is 3. The van der Waals surface area contributed by atoms with Crippen molar-refractivity contribution in [2.45, 2.75) is 48.2 Å². The maximum atomic E-state index is 12.9. The minimum absolute atomic E-state index is 0.0178. The Bertz CT molecular complexity index is 1100. The van der Waals surface area contributed by atoms with Gasteiger partial charge in [-0.2, -0.15) is 13.2 Å². The number of fused-ring (bicyclic) bond motifs is 1. The molecular weight excluding hydrogens is 477 g/mol. The van der Waals surface area contributed by atoms with Crippen molar-refractivity contribution in [1.29, 1.82) is 0 Å². The Kier molecular flexibility index (Phi) is 5.54. The van der Waals surface area contributed by atoms with Gasteiger partial charge in [0.2, 0.25) is 5.91 Å². The van der Waals surface area contributed by atoms with E-state index in [1.54, 1.807) is 9.80 Å². The Labute approximate surface area is 194 Å². The van der Waals surface area contributed by atoms with E-state index >= 15 is 0 Å². The van der Waals surface area contributed by atoms with Crippen LogP contribution in [-0.4, -0.2) is 85.6 Å². The first-order valence-corrected chi connectivity index (χ1v) is 12.6. The van der Waals surface area contributed by atoms with Crippen LogP contribution >= 0.6 is 0 Å². The second-order valence-corrected chi connectivity index (χ2v) is 11.8. The van der Waals surface area contributed by atoms with E-state index in [9.17, 15) is 31.2 Å². The molecule has 1 aromatic rings. The molecule has 1 saturated carbocycles. The van der Waals surface area contributed by atoms with Gasteiger partial charge < -0.3 is 19.9 Å². The lowest BCUT2D eigenvalue weighted by Gasteiger charge is -2.60. The van der Waals surface area contributed by atoms with Crippen molar-refractivity contribution in [1.82, 2.24) is 20.1 Å². The smallest absolute Gasteiger partial charge is 0.366 e. The van der Waals surface area contributed by atoms with Gasteiger partial charge >= 0.3 is 11.5 Å². The molecule has 3 amide bonds. The van der Waals surface area contributed by atoms with Crippen molar-refractivity contribution in [3.63, 3.8) is 0 Å². The molecule has 3 saturated heterocycles. The number of hydrogen-bond donors (Lipinski definition) is 1. The summed E-state index contributed by atoms with van der Waals surface area (Å²) in [5.74, 6) is 0.0314. The van der Waals surface area contributed by atoms with Gasteiger partial charge in [0, 0.05) is 44.0 Å². The lowest BCUT2D eigenvalue weighted by atomic mass is 9.56. The van der Waals surface area contributed by atoms with Crippen LogP contribution < -0.4 is 5.32 Å². The molecule has 1 aromatic heterocycles. The number of pyridine rings is 1. The van der Waals surface area contributed by atoms with E-state index in [4.69, 9.17) is 4.74 Å². The van der Waals surface area contributed by atoms with E-state index in [0.717, 1.165) is 25.1 Å². The summed E-state index contributed by atoms with van der Waals surface area (Å²) in [5, 5.41) is 2.89. The maximum absolute atomic E-state index is 12.9. The minimum Gasteiger partial charge on any atom is -0.366 e. The highest BCUT2D eigenvalue weighted by Gasteiger charge is 2.54. The molecule has 1 spiro atoms. The zero-order chi connectivity index (χ0) is 24.3. The van der Waals surface area contributed by atoms with Crippen molar-refractivity contribution < 1.29 is 35.9 Å². The molecule has 4 heterocycles. The molecule has 4 aliphatic rings. The highest BCUT2D eigenvalue weighted by molar-refractivity contribution is 7.92. The number of urea groups is 1. The van der Waals surface area contributed by atoms with Crippen molar-refractivity contribution in [3.05, 3.63) is 24.0 Å². The van der Waals surface area contributed by atoms with Gasteiger partial charge in [0.15, 0.2) is 0 Å². The number of carbonyl (C=O) groups is 2. The molecule has 3 aliphatic heterocycles. The number of rotatable bonds is 3. The summed E-state index contributed by atoms with van der Waals surface area (Å²) in [4.78, 5) is 30.9. The van der Waals surface area contributed by atoms with Gasteiger partial charge in [0.05, 0.1) is 17.0 Å². The van der Waals surface area contributed by atoms with E-state index in [0.29, 0.717) is 44.6 Å². The van der Waals surface area contributed by atoms with E-state index < -0.39 is 20.2 Å². The summed E-state index contributed by atoms with van der Waals surface area (Å²) in [5.41, 5.74) is -4.89. The third kappa shape index (κ3) is 4.12. The number of carbonyl (C=O) groups excluding carboxylic acids is 2. The zero-order valence-corrected chi connectivity index (χ0v) is 19.1. The molecule has 1 N–H and O–H groups in total. The Balaban J connectivity index is 1.11. The topological polar surface area (TPSA) is 109 Å². The van der Waals surface area contributed by atoms with Crippen molar-refractivity contribution >= 4 is 21.8 Å². The third-order valence-electron chi connectivity index (χ3n) is 7.27. The molecule has 186 valence electrons. The molecule has 1 aliphatic carbocycles. The number of nitrogens with zero attached hydrogens (tertiary/aromatic N) is 3. The third-order valence-corrected chi connectivity index (χ3v) is 8.72. The summed E-state index contributed by atoms with van der Waals surface area (Å²) < 4.78 is 67.2. The monoisotopic (exact) mass is 502 g/mol. The Morgan fingerprint density at radius 1 is 1.24 bits per heavy atom. The highest BCUT2D eigenvalue weighted by atomic mass is 32.2. The first kappa shape index (κ1) is 23.3. The number of aromatic nitrogens is 1. The highest BCUT2D eigenvalue weighted by Crippen LogP contribution is 2.53. The second-order valence-electron chi connectivity index (χ2n) is 9.85. The number of halogens is 3. The molecular formula is C21H25F3N4O5S. The van der Waals surface area contributed by atoms with Crippen LogP contribution in [0.1, 0.15) is 24.8 Å². The molecule has 2 atom stereocenters. The zero-order valence-electron chi connectivity index (χ0n) is 18.3. The van der Waals surface area contributed by atoms with Crippen molar-refractivity contribution in [2.24, 2.45) is 11.3 Å². The van der Waals surface area contributed by atoms with Gasteiger partial charge in [0.25, 0.3) is 9.84 Å². The molecule has 34 heavy (non-hydrogen) atoms. The lowest BCUT2D eigenvalue weighted by molar-refractivity contribution is -0.140. The maximum Gasteiger partial charge on any atom is 0.501 e. The van der Waals surface area contributed by atoms with Gasteiger partial charge in [-0.05, 0) is 43.2 Å². The van der Waals surface area contributed by atoms with E-state index in [1.165, 1.54) is 6.20 Å². The quantitative estimate of drug-likeness (QED) is 0.668. The number of likely N-dealkylation sites (tertiary alicyclic amines) is 2. The normalized spacial score (nSPS) is 27.0. The number of nitrogens with one attached hydrogen (secondary N) is 1. The average molecular weight is 503 g/mol. The first-order chi connectivity index (χ1) is 16.0. The average Bonchev–Trinajstić information content (AvgIpc) is 2.73. The largest absolute Gasteiger partial charge is 0.501 e.